The van der Waals surface area contributed by atoms with Gasteiger partial charge in [0, 0.05) is 32.8 Å². The topological polar surface area (TPSA) is 48.3 Å². The van der Waals surface area contributed by atoms with Gasteiger partial charge in [-0.3, -0.25) is 4.68 Å². The molecule has 0 radical (unpaired) electrons. The molecule has 20 heavy (non-hydrogen) atoms. The molecule has 0 aliphatic rings. The van der Waals surface area contributed by atoms with E-state index in [1.165, 1.54) is 0 Å². The van der Waals surface area contributed by atoms with Crippen molar-refractivity contribution >= 4 is 0 Å². The molecule has 1 heterocycles. The molecule has 2 rings (SSSR count). The van der Waals surface area contributed by atoms with E-state index in [1.54, 1.807) is 7.11 Å². The zero-order valence-corrected chi connectivity index (χ0v) is 12.0. The van der Waals surface area contributed by atoms with E-state index in [4.69, 9.17) is 9.47 Å². The van der Waals surface area contributed by atoms with E-state index in [-0.39, 0.29) is 0 Å². The van der Waals surface area contributed by atoms with Crippen LogP contribution in [0.2, 0.25) is 0 Å². The predicted octanol–water partition coefficient (Wildman–Crippen LogP) is 1.64. The lowest BCUT2D eigenvalue weighted by molar-refractivity contribution is 0.292. The predicted molar refractivity (Wildman–Crippen MR) is 78.3 cm³/mol. The van der Waals surface area contributed by atoms with Crippen molar-refractivity contribution in [2.45, 2.75) is 6.42 Å². The summed E-state index contributed by atoms with van der Waals surface area (Å²) in [5.74, 6) is 1.54. The highest BCUT2D eigenvalue weighted by Gasteiger charge is 2.01. The van der Waals surface area contributed by atoms with Crippen LogP contribution in [0.5, 0.6) is 11.5 Å². The highest BCUT2D eigenvalue weighted by molar-refractivity contribution is 5.39. The molecular formula is C15H21N3O2. The van der Waals surface area contributed by atoms with Gasteiger partial charge in [-0.05, 0) is 18.2 Å². The first kappa shape index (κ1) is 14.4. The third-order valence-corrected chi connectivity index (χ3v) is 2.93. The van der Waals surface area contributed by atoms with Gasteiger partial charge in [-0.15, -0.1) is 0 Å². The molecule has 0 saturated heterocycles. The van der Waals surface area contributed by atoms with E-state index >= 15 is 0 Å². The standard InChI is InChI=1S/C15H21N3O2/c1-18-11-8-13(17-18)7-9-16-10-12-20-15-6-4-3-5-14(15)19-2/h3-6,8,11,16H,7,9-10,12H2,1-2H3. The van der Waals surface area contributed by atoms with Crippen LogP contribution in [0.3, 0.4) is 0 Å². The molecule has 5 heteroatoms. The van der Waals surface area contributed by atoms with Gasteiger partial charge in [-0.2, -0.15) is 5.10 Å². The fraction of sp³-hybridized carbons (Fsp3) is 0.400. The van der Waals surface area contributed by atoms with Crippen LogP contribution < -0.4 is 14.8 Å². The molecule has 1 aromatic carbocycles. The number of aromatic nitrogens is 2. The first-order chi connectivity index (χ1) is 9.79. The molecule has 0 aliphatic heterocycles. The molecule has 0 bridgehead atoms. The zero-order chi connectivity index (χ0) is 14.2. The molecule has 0 spiro atoms. The second kappa shape index (κ2) is 7.55. The van der Waals surface area contributed by atoms with Gasteiger partial charge in [-0.25, -0.2) is 0 Å². The van der Waals surface area contributed by atoms with Crippen molar-refractivity contribution in [3.63, 3.8) is 0 Å². The lowest BCUT2D eigenvalue weighted by atomic mass is 10.3. The second-order valence-electron chi connectivity index (χ2n) is 4.48. The summed E-state index contributed by atoms with van der Waals surface area (Å²) in [6, 6.07) is 9.70. The number of hydrogen-bond donors (Lipinski definition) is 1. The lowest BCUT2D eigenvalue weighted by Crippen LogP contribution is -2.23. The molecular weight excluding hydrogens is 254 g/mol. The molecule has 1 aromatic heterocycles. The van der Waals surface area contributed by atoms with Crippen molar-refractivity contribution in [2.75, 3.05) is 26.8 Å². The van der Waals surface area contributed by atoms with Crippen molar-refractivity contribution in [1.82, 2.24) is 15.1 Å². The second-order valence-corrected chi connectivity index (χ2v) is 4.48. The van der Waals surface area contributed by atoms with Gasteiger partial charge in [0.05, 0.1) is 12.8 Å². The molecule has 0 unspecified atom stereocenters. The van der Waals surface area contributed by atoms with E-state index in [1.807, 2.05) is 48.3 Å². The smallest absolute Gasteiger partial charge is 0.161 e. The van der Waals surface area contributed by atoms with Crippen molar-refractivity contribution < 1.29 is 9.47 Å². The third-order valence-electron chi connectivity index (χ3n) is 2.93. The van der Waals surface area contributed by atoms with Crippen molar-refractivity contribution in [3.8, 4) is 11.5 Å². The minimum Gasteiger partial charge on any atom is -0.493 e. The van der Waals surface area contributed by atoms with Crippen molar-refractivity contribution in [2.24, 2.45) is 7.05 Å². The molecule has 2 aromatic rings. The molecule has 1 N–H and O–H groups in total. The maximum Gasteiger partial charge on any atom is 0.161 e. The highest BCUT2D eigenvalue weighted by Crippen LogP contribution is 2.25. The first-order valence-corrected chi connectivity index (χ1v) is 6.74. The summed E-state index contributed by atoms with van der Waals surface area (Å²) in [4.78, 5) is 0. The third kappa shape index (κ3) is 4.28. The SMILES string of the molecule is COc1ccccc1OCCNCCc1ccn(C)n1. The Morgan fingerprint density at radius 2 is 1.95 bits per heavy atom. The summed E-state index contributed by atoms with van der Waals surface area (Å²) in [5, 5.41) is 7.66. The number of nitrogens with one attached hydrogen (secondary N) is 1. The lowest BCUT2D eigenvalue weighted by Gasteiger charge is -2.10. The fourth-order valence-corrected chi connectivity index (χ4v) is 1.91. The summed E-state index contributed by atoms with van der Waals surface area (Å²) in [5.41, 5.74) is 1.10. The number of aryl methyl sites for hydroxylation is 1. The van der Waals surface area contributed by atoms with Crippen molar-refractivity contribution in [3.05, 3.63) is 42.2 Å². The molecule has 0 atom stereocenters. The molecule has 0 saturated carbocycles. The Balaban J connectivity index is 1.62. The number of methoxy groups -OCH3 is 1. The Bertz CT molecular complexity index is 525. The Kier molecular flexibility index (Phi) is 5.43. The average Bonchev–Trinajstić information content (AvgIpc) is 2.88. The number of para-hydroxylation sites is 2. The average molecular weight is 275 g/mol. The van der Waals surface area contributed by atoms with E-state index in [0.717, 1.165) is 36.7 Å². The van der Waals surface area contributed by atoms with E-state index in [0.29, 0.717) is 6.61 Å². The maximum absolute atomic E-state index is 5.68. The van der Waals surface area contributed by atoms with Crippen LogP contribution in [-0.2, 0) is 13.5 Å². The van der Waals surface area contributed by atoms with Crippen LogP contribution in [0, 0.1) is 0 Å². The van der Waals surface area contributed by atoms with Gasteiger partial charge >= 0.3 is 0 Å². The van der Waals surface area contributed by atoms with Crippen LogP contribution in [0.15, 0.2) is 36.5 Å². The summed E-state index contributed by atoms with van der Waals surface area (Å²) >= 11 is 0. The van der Waals surface area contributed by atoms with Crippen LogP contribution in [0.4, 0.5) is 0 Å². The van der Waals surface area contributed by atoms with Gasteiger partial charge < -0.3 is 14.8 Å². The van der Waals surface area contributed by atoms with Crippen LogP contribution in [-0.4, -0.2) is 36.6 Å². The summed E-state index contributed by atoms with van der Waals surface area (Å²) in [6.07, 6.45) is 2.88. The van der Waals surface area contributed by atoms with E-state index in [9.17, 15) is 0 Å². The molecule has 5 nitrogen and oxygen atoms in total. The van der Waals surface area contributed by atoms with Crippen LogP contribution in [0.1, 0.15) is 5.69 Å². The highest BCUT2D eigenvalue weighted by atomic mass is 16.5. The quantitative estimate of drug-likeness (QED) is 0.744. The minimum atomic E-state index is 0.614. The van der Waals surface area contributed by atoms with E-state index < -0.39 is 0 Å². The minimum absolute atomic E-state index is 0.614. The van der Waals surface area contributed by atoms with Crippen LogP contribution >= 0.6 is 0 Å². The molecule has 108 valence electrons. The van der Waals surface area contributed by atoms with Crippen LogP contribution in [0.25, 0.3) is 0 Å². The number of nitrogens with zero attached hydrogens (tertiary/aromatic N) is 2. The Hall–Kier alpha value is -2.01. The summed E-state index contributed by atoms with van der Waals surface area (Å²) < 4.78 is 12.7. The van der Waals surface area contributed by atoms with Gasteiger partial charge in [0.15, 0.2) is 11.5 Å². The number of rotatable bonds is 8. The van der Waals surface area contributed by atoms with Crippen molar-refractivity contribution in [1.29, 1.82) is 0 Å². The van der Waals surface area contributed by atoms with Gasteiger partial charge in [0.1, 0.15) is 6.61 Å². The molecule has 0 aliphatic carbocycles. The number of benzene rings is 1. The number of hydrogen-bond acceptors (Lipinski definition) is 4. The Labute approximate surface area is 119 Å². The van der Waals surface area contributed by atoms with E-state index in [2.05, 4.69) is 10.4 Å². The summed E-state index contributed by atoms with van der Waals surface area (Å²) in [6.45, 7) is 2.31. The Morgan fingerprint density at radius 3 is 2.65 bits per heavy atom. The maximum atomic E-state index is 5.68. The summed E-state index contributed by atoms with van der Waals surface area (Å²) in [7, 11) is 3.57. The van der Waals surface area contributed by atoms with Gasteiger partial charge in [0.2, 0.25) is 0 Å². The largest absolute Gasteiger partial charge is 0.493 e. The molecule has 0 fully saturated rings. The zero-order valence-electron chi connectivity index (χ0n) is 12.0. The monoisotopic (exact) mass is 275 g/mol. The van der Waals surface area contributed by atoms with Gasteiger partial charge in [0.25, 0.3) is 0 Å². The normalized spacial score (nSPS) is 10.5. The Morgan fingerprint density at radius 1 is 1.15 bits per heavy atom. The first-order valence-electron chi connectivity index (χ1n) is 6.74. The van der Waals surface area contributed by atoms with Gasteiger partial charge in [-0.1, -0.05) is 12.1 Å². The number of ether oxygens (including phenoxy) is 2. The fourth-order valence-electron chi connectivity index (χ4n) is 1.91. The molecule has 0 amide bonds.